The number of hydrogen-bond acceptors (Lipinski definition) is 4. The molecule has 0 spiro atoms. The summed E-state index contributed by atoms with van der Waals surface area (Å²) in [5.74, 6) is -3.03. The number of ketones is 1. The minimum Gasteiger partial charge on any atom is -0.503 e. The largest absolute Gasteiger partial charge is 0.503 e. The molecule has 0 saturated heterocycles. The van der Waals surface area contributed by atoms with Gasteiger partial charge in [-0.05, 0) is 60.2 Å². The molecule has 4 aromatic rings. The van der Waals surface area contributed by atoms with Crippen LogP contribution in [0.2, 0.25) is 15.1 Å². The van der Waals surface area contributed by atoms with Gasteiger partial charge in [0.15, 0.2) is 11.5 Å². The van der Waals surface area contributed by atoms with E-state index in [4.69, 9.17) is 39.2 Å². The highest BCUT2D eigenvalue weighted by atomic mass is 35.5. The predicted molar refractivity (Wildman–Crippen MR) is 128 cm³/mol. The third-order valence-corrected chi connectivity index (χ3v) is 6.30. The predicted octanol–water partition coefficient (Wildman–Crippen LogP) is 7.32. The van der Waals surface area contributed by atoms with Crippen molar-refractivity contribution in [3.63, 3.8) is 0 Å². The molecule has 1 aromatic heterocycles. The zero-order chi connectivity index (χ0) is 24.1. The molecule has 170 valence electrons. The minimum absolute atomic E-state index is 0.0791. The van der Waals surface area contributed by atoms with Gasteiger partial charge >= 0.3 is 0 Å². The summed E-state index contributed by atoms with van der Waals surface area (Å²) < 4.78 is 19.5. The zero-order valence-electron chi connectivity index (χ0n) is 17.1. The van der Waals surface area contributed by atoms with Gasteiger partial charge in [-0.2, -0.15) is 0 Å². The Morgan fingerprint density at radius 2 is 1.65 bits per heavy atom. The number of hydrogen-bond donors (Lipinski definition) is 1. The number of nitrogens with zero attached hydrogens (tertiary/aromatic N) is 1. The molecule has 9 heteroatoms. The monoisotopic (exact) mass is 515 g/mol. The molecular formula is C25H13Cl3FNO4. The van der Waals surface area contributed by atoms with Crippen LogP contribution < -0.4 is 4.90 Å². The van der Waals surface area contributed by atoms with Crippen LogP contribution in [0.3, 0.4) is 0 Å². The molecule has 1 aliphatic rings. The maximum absolute atomic E-state index is 13.8. The van der Waals surface area contributed by atoms with E-state index in [1.165, 1.54) is 23.1 Å². The second kappa shape index (κ2) is 8.47. The summed E-state index contributed by atoms with van der Waals surface area (Å²) in [5.41, 5.74) is 0.909. The number of benzene rings is 3. The lowest BCUT2D eigenvalue weighted by molar-refractivity contribution is -0.117. The molecule has 5 rings (SSSR count). The number of amides is 1. The van der Waals surface area contributed by atoms with Gasteiger partial charge in [0, 0.05) is 21.1 Å². The molecule has 0 saturated carbocycles. The molecule has 1 aliphatic heterocycles. The van der Waals surface area contributed by atoms with Crippen LogP contribution in [0, 0.1) is 5.82 Å². The molecule has 0 fully saturated rings. The number of halogens is 4. The number of fused-ring (bicyclic) bond motifs is 1. The molecule has 5 nitrogen and oxygen atoms in total. The standard InChI is InChI=1S/C25H13Cl3FNO4/c26-14-3-1-12(2-4-14)22-21(23(31)20-10-13-9-15(27)5-8-19(13)34-20)24(32)25(33)30(22)16-6-7-18(29)17(28)11-16/h1-11,22,32H. The molecule has 0 aliphatic carbocycles. The molecule has 1 atom stereocenters. The van der Waals surface area contributed by atoms with E-state index >= 15 is 0 Å². The molecule has 2 heterocycles. The first-order chi connectivity index (χ1) is 16.2. The summed E-state index contributed by atoms with van der Waals surface area (Å²) in [6.45, 7) is 0. The normalized spacial score (nSPS) is 16.1. The Hall–Kier alpha value is -3.32. The Kier molecular flexibility index (Phi) is 5.60. The lowest BCUT2D eigenvalue weighted by Gasteiger charge is -2.27. The van der Waals surface area contributed by atoms with Crippen LogP contribution in [0.25, 0.3) is 11.0 Å². The van der Waals surface area contributed by atoms with Gasteiger partial charge in [0.25, 0.3) is 5.91 Å². The van der Waals surface area contributed by atoms with Gasteiger partial charge in [-0.3, -0.25) is 14.5 Å². The molecule has 1 N–H and O–H groups in total. The molecule has 34 heavy (non-hydrogen) atoms. The van der Waals surface area contributed by atoms with Gasteiger partial charge in [0.05, 0.1) is 16.6 Å². The minimum atomic E-state index is -1.05. The van der Waals surface area contributed by atoms with Crippen molar-refractivity contribution in [2.75, 3.05) is 4.90 Å². The average molecular weight is 517 g/mol. The second-order valence-electron chi connectivity index (χ2n) is 7.61. The summed E-state index contributed by atoms with van der Waals surface area (Å²) in [6.07, 6.45) is 0. The van der Waals surface area contributed by atoms with Crippen LogP contribution in [0.15, 0.2) is 82.5 Å². The van der Waals surface area contributed by atoms with Gasteiger partial charge < -0.3 is 9.52 Å². The van der Waals surface area contributed by atoms with Gasteiger partial charge in [0.1, 0.15) is 11.4 Å². The summed E-state index contributed by atoms with van der Waals surface area (Å²) in [5, 5.41) is 12.1. The SMILES string of the molecule is O=C(C1=C(O)C(=O)N(c2ccc(F)c(Cl)c2)C1c1ccc(Cl)cc1)c1cc2cc(Cl)ccc2o1. The van der Waals surface area contributed by atoms with Gasteiger partial charge in [-0.25, -0.2) is 4.39 Å². The lowest BCUT2D eigenvalue weighted by atomic mass is 9.94. The summed E-state index contributed by atoms with van der Waals surface area (Å²) in [4.78, 5) is 27.9. The summed E-state index contributed by atoms with van der Waals surface area (Å²) >= 11 is 18.0. The van der Waals surface area contributed by atoms with E-state index < -0.39 is 29.3 Å². The molecular weight excluding hydrogens is 504 g/mol. The van der Waals surface area contributed by atoms with Crippen molar-refractivity contribution in [3.05, 3.63) is 110 Å². The van der Waals surface area contributed by atoms with Crippen LogP contribution in [-0.2, 0) is 4.79 Å². The number of carbonyl (C=O) groups excluding carboxylic acids is 2. The van der Waals surface area contributed by atoms with Gasteiger partial charge in [-0.1, -0.05) is 46.9 Å². The second-order valence-corrected chi connectivity index (χ2v) is 8.89. The van der Waals surface area contributed by atoms with Crippen molar-refractivity contribution < 1.29 is 23.5 Å². The fraction of sp³-hybridized carbons (Fsp3) is 0.0400. The molecule has 0 bridgehead atoms. The third kappa shape index (κ3) is 3.74. The first-order valence-electron chi connectivity index (χ1n) is 9.95. The van der Waals surface area contributed by atoms with Crippen LogP contribution in [0.5, 0.6) is 0 Å². The van der Waals surface area contributed by atoms with Crippen molar-refractivity contribution in [2.45, 2.75) is 6.04 Å². The summed E-state index contributed by atoms with van der Waals surface area (Å²) in [7, 11) is 0. The Labute approximate surface area is 207 Å². The van der Waals surface area contributed by atoms with E-state index in [9.17, 15) is 19.1 Å². The van der Waals surface area contributed by atoms with Crippen molar-refractivity contribution >= 4 is 63.1 Å². The highest BCUT2D eigenvalue weighted by Crippen LogP contribution is 2.43. The Bertz CT molecular complexity index is 1510. The number of Topliss-reactive ketones (excluding diaryl/α,β-unsaturated/α-hetero) is 1. The van der Waals surface area contributed by atoms with Crippen LogP contribution in [0.1, 0.15) is 22.2 Å². The Balaban J connectivity index is 1.66. The highest BCUT2D eigenvalue weighted by molar-refractivity contribution is 6.32. The maximum Gasteiger partial charge on any atom is 0.294 e. The van der Waals surface area contributed by atoms with Crippen LogP contribution >= 0.6 is 34.8 Å². The van der Waals surface area contributed by atoms with Crippen molar-refractivity contribution in [2.24, 2.45) is 0 Å². The Morgan fingerprint density at radius 3 is 2.35 bits per heavy atom. The third-order valence-electron chi connectivity index (χ3n) is 5.52. The number of carbonyl (C=O) groups is 2. The van der Waals surface area contributed by atoms with E-state index in [-0.39, 0.29) is 22.0 Å². The van der Waals surface area contributed by atoms with Crippen molar-refractivity contribution in [1.82, 2.24) is 0 Å². The quantitative estimate of drug-likeness (QED) is 0.289. The number of aliphatic hydroxyl groups excluding tert-OH is 1. The topological polar surface area (TPSA) is 70.8 Å². The van der Waals surface area contributed by atoms with Gasteiger partial charge in [0.2, 0.25) is 5.78 Å². The summed E-state index contributed by atoms with van der Waals surface area (Å²) in [6, 6.07) is 15.5. The zero-order valence-corrected chi connectivity index (χ0v) is 19.3. The first-order valence-corrected chi connectivity index (χ1v) is 11.1. The Morgan fingerprint density at radius 1 is 0.941 bits per heavy atom. The number of furan rings is 1. The average Bonchev–Trinajstić information content (AvgIpc) is 3.34. The number of rotatable bonds is 4. The lowest BCUT2D eigenvalue weighted by Crippen LogP contribution is -2.31. The van der Waals surface area contributed by atoms with E-state index in [0.717, 1.165) is 6.07 Å². The fourth-order valence-corrected chi connectivity index (χ4v) is 4.44. The first kappa shape index (κ1) is 22.5. The van der Waals surface area contributed by atoms with Gasteiger partial charge in [-0.15, -0.1) is 0 Å². The van der Waals surface area contributed by atoms with Crippen molar-refractivity contribution in [3.8, 4) is 0 Å². The van der Waals surface area contributed by atoms with Crippen LogP contribution in [-0.4, -0.2) is 16.8 Å². The van der Waals surface area contributed by atoms with Crippen LogP contribution in [0.4, 0.5) is 10.1 Å². The highest BCUT2D eigenvalue weighted by Gasteiger charge is 2.45. The molecule has 3 aromatic carbocycles. The number of aliphatic hydroxyl groups is 1. The smallest absolute Gasteiger partial charge is 0.294 e. The molecule has 1 unspecified atom stereocenters. The van der Waals surface area contributed by atoms with E-state index in [1.54, 1.807) is 42.5 Å². The van der Waals surface area contributed by atoms with E-state index in [1.807, 2.05) is 0 Å². The molecule has 1 amide bonds. The number of anilines is 1. The fourth-order valence-electron chi connectivity index (χ4n) is 3.96. The van der Waals surface area contributed by atoms with E-state index in [0.29, 0.717) is 26.6 Å². The maximum atomic E-state index is 13.8. The van der Waals surface area contributed by atoms with E-state index in [2.05, 4.69) is 0 Å². The van der Waals surface area contributed by atoms with Crippen molar-refractivity contribution in [1.29, 1.82) is 0 Å². The molecule has 0 radical (unpaired) electrons.